The predicted octanol–water partition coefficient (Wildman–Crippen LogP) is 3.52. The monoisotopic (exact) mass is 613 g/mol. The van der Waals surface area contributed by atoms with Gasteiger partial charge in [-0.25, -0.2) is 26.8 Å². The van der Waals surface area contributed by atoms with Gasteiger partial charge in [-0.3, -0.25) is 15.0 Å². The van der Waals surface area contributed by atoms with Crippen molar-refractivity contribution in [3.63, 3.8) is 0 Å². The van der Waals surface area contributed by atoms with E-state index in [-0.39, 0.29) is 15.5 Å². The Morgan fingerprint density at radius 1 is 0.833 bits per heavy atom. The maximum absolute atomic E-state index is 12.7. The molecule has 3 aromatic rings. The third kappa shape index (κ3) is 8.28. The number of carbonyl (C=O) groups excluding carboxylic acids is 1. The summed E-state index contributed by atoms with van der Waals surface area (Å²) in [5.41, 5.74) is 1.76. The number of amidine groups is 1. The number of unbranched alkanes of at least 4 members (excludes halogenated alkanes) is 1. The molecule has 42 heavy (non-hydrogen) atoms. The summed E-state index contributed by atoms with van der Waals surface area (Å²) in [6.07, 6.45) is 2.34. The molecule has 14 heteroatoms. The molecule has 0 saturated carbocycles. The van der Waals surface area contributed by atoms with Crippen LogP contribution in [0, 0.1) is 5.41 Å². The van der Waals surface area contributed by atoms with Crippen LogP contribution in [0.2, 0.25) is 0 Å². The second-order valence-corrected chi connectivity index (χ2v) is 13.1. The van der Waals surface area contributed by atoms with Gasteiger partial charge in [0.25, 0.3) is 10.0 Å². The zero-order valence-electron chi connectivity index (χ0n) is 23.2. The first-order valence-corrected chi connectivity index (χ1v) is 16.5. The molecule has 1 heterocycles. The Labute approximate surface area is 246 Å². The number of rotatable bonds is 10. The summed E-state index contributed by atoms with van der Waals surface area (Å²) in [6, 6.07) is 17.1. The SMILES string of the molecule is CCCCN1CCN(C(=N)c2cccc(NC(=O)Nc3ccc(S(=O)(=O)Nc4ccc(S(N)(=O)=O)cc4)cc3)c2)CC1. The van der Waals surface area contributed by atoms with Gasteiger partial charge in [0, 0.05) is 48.8 Å². The Morgan fingerprint density at radius 2 is 1.43 bits per heavy atom. The van der Waals surface area contributed by atoms with Crippen LogP contribution in [-0.4, -0.2) is 71.2 Å². The number of carbonyl (C=O) groups is 1. The van der Waals surface area contributed by atoms with E-state index in [4.69, 9.17) is 10.5 Å². The van der Waals surface area contributed by atoms with Crippen LogP contribution >= 0.6 is 0 Å². The fourth-order valence-electron chi connectivity index (χ4n) is 4.44. The van der Waals surface area contributed by atoms with Crippen LogP contribution in [0.25, 0.3) is 0 Å². The highest BCUT2D eigenvalue weighted by atomic mass is 32.2. The standard InChI is InChI=1S/C28H35N7O5S2/c1-2-3-15-34-16-18-35(19-17-34)27(29)21-5-4-6-24(20-21)32-28(36)31-22-7-13-26(14-8-22)42(39,40)33-23-9-11-25(12-10-23)41(30,37)38/h4-14,20,29,33H,2-3,15-19H2,1H3,(H2,30,37,38)(H2,31,32,36). The molecule has 12 nitrogen and oxygen atoms in total. The number of amides is 2. The highest BCUT2D eigenvalue weighted by molar-refractivity contribution is 7.92. The molecule has 4 rings (SSSR count). The lowest BCUT2D eigenvalue weighted by molar-refractivity contribution is 0.180. The van der Waals surface area contributed by atoms with Crippen LogP contribution in [0.5, 0.6) is 0 Å². The van der Waals surface area contributed by atoms with Crippen LogP contribution in [0.15, 0.2) is 82.6 Å². The minimum Gasteiger partial charge on any atom is -0.354 e. The topological polar surface area (TPSA) is 178 Å². The van der Waals surface area contributed by atoms with E-state index in [9.17, 15) is 21.6 Å². The first-order valence-electron chi connectivity index (χ1n) is 13.4. The highest BCUT2D eigenvalue weighted by Crippen LogP contribution is 2.20. The van der Waals surface area contributed by atoms with Gasteiger partial charge in [0.1, 0.15) is 5.84 Å². The van der Waals surface area contributed by atoms with Crippen LogP contribution in [0.4, 0.5) is 21.9 Å². The van der Waals surface area contributed by atoms with Gasteiger partial charge in [-0.15, -0.1) is 0 Å². The third-order valence-corrected chi connectivity index (χ3v) is 9.09. The molecular formula is C28H35N7O5S2. The van der Waals surface area contributed by atoms with Gasteiger partial charge in [0.05, 0.1) is 9.79 Å². The second-order valence-electron chi connectivity index (χ2n) is 9.89. The Hall–Kier alpha value is -3.98. The lowest BCUT2D eigenvalue weighted by Crippen LogP contribution is -2.48. The first-order chi connectivity index (χ1) is 19.9. The lowest BCUT2D eigenvalue weighted by Gasteiger charge is -2.36. The maximum Gasteiger partial charge on any atom is 0.323 e. The minimum absolute atomic E-state index is 0.0543. The van der Waals surface area contributed by atoms with E-state index in [1.807, 2.05) is 11.0 Å². The molecule has 0 spiro atoms. The Bertz CT molecular complexity index is 1620. The van der Waals surface area contributed by atoms with Crippen molar-refractivity contribution >= 4 is 49.0 Å². The summed E-state index contributed by atoms with van der Waals surface area (Å²) >= 11 is 0. The summed E-state index contributed by atoms with van der Waals surface area (Å²) in [6.45, 7) is 6.68. The number of piperazine rings is 1. The van der Waals surface area contributed by atoms with E-state index in [1.54, 1.807) is 18.2 Å². The number of hydrogen-bond acceptors (Lipinski definition) is 7. The van der Waals surface area contributed by atoms with Gasteiger partial charge < -0.3 is 15.5 Å². The molecule has 0 atom stereocenters. The van der Waals surface area contributed by atoms with Gasteiger partial charge >= 0.3 is 6.03 Å². The third-order valence-electron chi connectivity index (χ3n) is 6.77. The van der Waals surface area contributed by atoms with Crippen molar-refractivity contribution in [1.29, 1.82) is 5.41 Å². The summed E-state index contributed by atoms with van der Waals surface area (Å²) in [7, 11) is -7.87. The first kappa shape index (κ1) is 31.0. The van der Waals surface area contributed by atoms with Crippen molar-refractivity contribution < 1.29 is 21.6 Å². The van der Waals surface area contributed by atoms with E-state index in [1.165, 1.54) is 55.0 Å². The molecule has 0 bridgehead atoms. The van der Waals surface area contributed by atoms with Crippen molar-refractivity contribution in [3.05, 3.63) is 78.4 Å². The van der Waals surface area contributed by atoms with Crippen molar-refractivity contribution in [2.45, 2.75) is 29.6 Å². The van der Waals surface area contributed by atoms with E-state index in [0.717, 1.165) is 39.1 Å². The highest BCUT2D eigenvalue weighted by Gasteiger charge is 2.20. The van der Waals surface area contributed by atoms with Crippen molar-refractivity contribution in [3.8, 4) is 0 Å². The number of primary sulfonamides is 1. The molecule has 0 aromatic heterocycles. The molecule has 1 fully saturated rings. The maximum atomic E-state index is 12.7. The Balaban J connectivity index is 1.32. The summed E-state index contributed by atoms with van der Waals surface area (Å²) in [4.78, 5) is 16.9. The number of benzene rings is 3. The van der Waals surface area contributed by atoms with Crippen molar-refractivity contribution in [2.24, 2.45) is 5.14 Å². The number of nitrogens with two attached hydrogens (primary N) is 1. The smallest absolute Gasteiger partial charge is 0.323 e. The Morgan fingerprint density at radius 3 is 2.05 bits per heavy atom. The average molecular weight is 614 g/mol. The molecular weight excluding hydrogens is 578 g/mol. The van der Waals surface area contributed by atoms with Crippen LogP contribution in [-0.2, 0) is 20.0 Å². The molecule has 1 aliphatic rings. The zero-order valence-corrected chi connectivity index (χ0v) is 24.8. The van der Waals surface area contributed by atoms with Gasteiger partial charge in [-0.2, -0.15) is 0 Å². The molecule has 224 valence electrons. The zero-order chi connectivity index (χ0) is 30.3. The normalized spacial score (nSPS) is 14.3. The van der Waals surface area contributed by atoms with Gasteiger partial charge in [-0.1, -0.05) is 25.5 Å². The summed E-state index contributed by atoms with van der Waals surface area (Å²) in [5, 5.41) is 19.1. The van der Waals surface area contributed by atoms with E-state index in [2.05, 4.69) is 27.2 Å². The molecule has 0 aliphatic carbocycles. The number of nitrogens with one attached hydrogen (secondary N) is 4. The Kier molecular flexibility index (Phi) is 9.83. The number of anilines is 3. The number of hydrogen-bond donors (Lipinski definition) is 5. The van der Waals surface area contributed by atoms with E-state index >= 15 is 0 Å². The molecule has 3 aromatic carbocycles. The van der Waals surface area contributed by atoms with Gasteiger partial charge in [-0.05, 0) is 73.6 Å². The summed E-state index contributed by atoms with van der Waals surface area (Å²) in [5.74, 6) is 0.417. The fourth-order valence-corrected chi connectivity index (χ4v) is 6.02. The molecule has 2 amide bonds. The van der Waals surface area contributed by atoms with Crippen LogP contribution in [0.3, 0.4) is 0 Å². The predicted molar refractivity (Wildman–Crippen MR) is 164 cm³/mol. The minimum atomic E-state index is -3.97. The fraction of sp³-hybridized carbons (Fsp3) is 0.286. The quantitative estimate of drug-likeness (QED) is 0.171. The molecule has 0 radical (unpaired) electrons. The van der Waals surface area contributed by atoms with Gasteiger partial charge in [0.15, 0.2) is 0 Å². The van der Waals surface area contributed by atoms with E-state index < -0.39 is 26.1 Å². The van der Waals surface area contributed by atoms with Gasteiger partial charge in [0.2, 0.25) is 10.0 Å². The number of urea groups is 1. The van der Waals surface area contributed by atoms with Crippen molar-refractivity contribution in [1.82, 2.24) is 9.80 Å². The van der Waals surface area contributed by atoms with Crippen molar-refractivity contribution in [2.75, 3.05) is 48.1 Å². The van der Waals surface area contributed by atoms with Crippen LogP contribution < -0.4 is 20.5 Å². The number of sulfonamides is 2. The lowest BCUT2D eigenvalue weighted by atomic mass is 10.1. The molecule has 6 N–H and O–H groups in total. The number of nitrogens with zero attached hydrogens (tertiary/aromatic N) is 2. The molecule has 1 saturated heterocycles. The second kappa shape index (κ2) is 13.3. The average Bonchev–Trinajstić information content (AvgIpc) is 2.96. The molecule has 1 aliphatic heterocycles. The van der Waals surface area contributed by atoms with E-state index in [0.29, 0.717) is 22.8 Å². The van der Waals surface area contributed by atoms with Crippen LogP contribution in [0.1, 0.15) is 25.3 Å². The largest absolute Gasteiger partial charge is 0.354 e. The summed E-state index contributed by atoms with van der Waals surface area (Å²) < 4.78 is 50.6. The molecule has 0 unspecified atom stereocenters.